The van der Waals surface area contributed by atoms with Gasteiger partial charge in [-0.2, -0.15) is 5.26 Å². The highest BCUT2D eigenvalue weighted by Crippen LogP contribution is 2.40. The average Bonchev–Trinajstić information content (AvgIpc) is 2.89. The van der Waals surface area contributed by atoms with Gasteiger partial charge in [0.05, 0.1) is 11.6 Å². The smallest absolute Gasteiger partial charge is 0.373 e. The Kier molecular flexibility index (Phi) is 4.87. The number of nitriles is 1. The molecule has 0 saturated carbocycles. The zero-order valence-electron chi connectivity index (χ0n) is 19.0. The molecule has 1 atom stereocenters. The molecule has 162 valence electrons. The summed E-state index contributed by atoms with van der Waals surface area (Å²) in [6.45, 7) is 2.28. The maximum atomic E-state index is 9.67. The molecule has 0 amide bonds. The van der Waals surface area contributed by atoms with Crippen LogP contribution in [-0.4, -0.2) is 6.98 Å². The van der Waals surface area contributed by atoms with E-state index >= 15 is 0 Å². The van der Waals surface area contributed by atoms with Gasteiger partial charge in [-0.05, 0) is 70.9 Å². The molecular weight excluding hydrogens is 413 g/mol. The predicted octanol–water partition coefficient (Wildman–Crippen LogP) is 5.93. The Balaban J connectivity index is 1.39. The van der Waals surface area contributed by atoms with Crippen LogP contribution in [-0.2, 0) is 5.54 Å². The van der Waals surface area contributed by atoms with Crippen LogP contribution in [0, 0.1) is 11.3 Å². The lowest BCUT2D eigenvalue weighted by atomic mass is 9.60. The van der Waals surface area contributed by atoms with Crippen molar-refractivity contribution in [3.8, 4) is 28.3 Å². The molecule has 2 N–H and O–H groups in total. The van der Waals surface area contributed by atoms with E-state index in [1.54, 1.807) is 0 Å². The first kappa shape index (κ1) is 20.5. The molecule has 4 aromatic carbocycles. The molecule has 1 aliphatic heterocycles. The zero-order chi connectivity index (χ0) is 23.1. The number of benzene rings is 4. The summed E-state index contributed by atoms with van der Waals surface area (Å²) in [6, 6.07) is 33.8. The van der Waals surface area contributed by atoms with E-state index in [-0.39, 0.29) is 12.5 Å². The van der Waals surface area contributed by atoms with Crippen LogP contribution in [0.2, 0.25) is 0 Å². The van der Waals surface area contributed by atoms with Crippen molar-refractivity contribution < 1.29 is 0 Å². The molecule has 4 heteroatoms. The number of anilines is 1. The summed E-state index contributed by atoms with van der Waals surface area (Å²) in [5.41, 5.74) is 9.85. The Bertz CT molecular complexity index is 1470. The second kappa shape index (κ2) is 8.06. The first-order valence-electron chi connectivity index (χ1n) is 11.7. The fourth-order valence-corrected chi connectivity index (χ4v) is 5.33. The Morgan fingerprint density at radius 1 is 0.824 bits per heavy atom. The minimum absolute atomic E-state index is 0.00746. The van der Waals surface area contributed by atoms with Crippen LogP contribution in [0.15, 0.2) is 97.1 Å². The van der Waals surface area contributed by atoms with Crippen molar-refractivity contribution >= 4 is 24.2 Å². The van der Waals surface area contributed by atoms with Gasteiger partial charge < -0.3 is 10.5 Å². The van der Waals surface area contributed by atoms with E-state index in [0.717, 1.165) is 28.7 Å². The fraction of sp³-hybridized carbons (Fsp3) is 0.100. The molecule has 1 aliphatic carbocycles. The van der Waals surface area contributed by atoms with Gasteiger partial charge in [0.25, 0.3) is 0 Å². The van der Waals surface area contributed by atoms with Crippen molar-refractivity contribution in [2.45, 2.75) is 18.9 Å². The number of nitrogens with one attached hydrogen (secondary N) is 2. The van der Waals surface area contributed by atoms with Crippen molar-refractivity contribution in [1.29, 1.82) is 5.26 Å². The largest absolute Gasteiger partial charge is 0.410 e. The van der Waals surface area contributed by atoms with E-state index in [9.17, 15) is 5.26 Å². The molecule has 0 fully saturated rings. The van der Waals surface area contributed by atoms with Crippen LogP contribution in [0.5, 0.6) is 0 Å². The molecule has 4 aromatic rings. The molecule has 34 heavy (non-hydrogen) atoms. The molecule has 6 rings (SSSR count). The van der Waals surface area contributed by atoms with Crippen molar-refractivity contribution in [3.63, 3.8) is 0 Å². The molecule has 0 saturated heterocycles. The topological polar surface area (TPSA) is 47.9 Å². The summed E-state index contributed by atoms with van der Waals surface area (Å²) >= 11 is 0. The summed E-state index contributed by atoms with van der Waals surface area (Å²) in [7, 11) is 0. The van der Waals surface area contributed by atoms with Gasteiger partial charge >= 0.3 is 6.98 Å². The van der Waals surface area contributed by atoms with Gasteiger partial charge in [0.1, 0.15) is 0 Å². The number of hydrogen-bond donors (Lipinski definition) is 2. The van der Waals surface area contributed by atoms with E-state index in [2.05, 4.69) is 96.3 Å². The fourth-order valence-electron chi connectivity index (χ4n) is 5.33. The maximum absolute atomic E-state index is 9.67. The van der Waals surface area contributed by atoms with Gasteiger partial charge in [-0.15, -0.1) is 0 Å². The van der Waals surface area contributed by atoms with E-state index in [1.165, 1.54) is 22.3 Å². The van der Waals surface area contributed by atoms with Crippen LogP contribution in [0.1, 0.15) is 30.0 Å². The van der Waals surface area contributed by atoms with Gasteiger partial charge in [0, 0.05) is 16.8 Å². The zero-order valence-corrected chi connectivity index (χ0v) is 19.0. The second-order valence-electron chi connectivity index (χ2n) is 9.33. The minimum atomic E-state index is -0.117. The monoisotopic (exact) mass is 437 g/mol. The molecule has 0 aromatic heterocycles. The molecule has 1 unspecified atom stereocenters. The second-order valence-corrected chi connectivity index (χ2v) is 9.33. The minimum Gasteiger partial charge on any atom is -0.410 e. The van der Waals surface area contributed by atoms with E-state index in [0.29, 0.717) is 5.56 Å². The number of hydrogen-bond acceptors (Lipinski definition) is 3. The summed E-state index contributed by atoms with van der Waals surface area (Å²) < 4.78 is 0. The van der Waals surface area contributed by atoms with Crippen LogP contribution < -0.4 is 15.9 Å². The highest BCUT2D eigenvalue weighted by atomic mass is 15.1. The lowest BCUT2D eigenvalue weighted by Crippen LogP contribution is -2.62. The Labute approximate surface area is 200 Å². The van der Waals surface area contributed by atoms with Crippen LogP contribution in [0.25, 0.3) is 28.3 Å². The normalized spacial score (nSPS) is 18.1. The number of rotatable bonds is 3. The summed E-state index contributed by atoms with van der Waals surface area (Å²) in [5.74, 6) is 0. The van der Waals surface area contributed by atoms with Crippen LogP contribution in [0.4, 0.5) is 5.69 Å². The molecule has 0 spiro atoms. The Morgan fingerprint density at radius 2 is 1.59 bits per heavy atom. The lowest BCUT2D eigenvalue weighted by molar-refractivity contribution is 0.442. The van der Waals surface area contributed by atoms with Crippen LogP contribution in [0.3, 0.4) is 0 Å². The SMILES string of the molecule is CC12CC=Cc3cccc(c31)NB(c1cccc(-c3cc(C#N)cc(-c4ccccc4)c3)c1)N2. The van der Waals surface area contributed by atoms with Gasteiger partial charge in [-0.3, -0.25) is 0 Å². The molecule has 1 heterocycles. The quantitative estimate of drug-likeness (QED) is 0.391. The van der Waals surface area contributed by atoms with Gasteiger partial charge in [-0.1, -0.05) is 78.9 Å². The standard InChI is InChI=1S/C30H24BN3/c1-30-15-7-12-23-10-6-14-28(29(23)30)33-31(34-30)27-13-5-11-24(19-27)26-17-21(20-32)16-25(18-26)22-8-3-2-4-9-22/h2-14,16-19,33-34H,15H2,1H3. The van der Waals surface area contributed by atoms with Gasteiger partial charge in [0.2, 0.25) is 0 Å². The van der Waals surface area contributed by atoms with Crippen molar-refractivity contribution in [2.75, 3.05) is 5.23 Å². The summed E-state index contributed by atoms with van der Waals surface area (Å²) in [5, 5.41) is 17.3. The third-order valence-corrected chi connectivity index (χ3v) is 6.96. The van der Waals surface area contributed by atoms with Gasteiger partial charge in [0.15, 0.2) is 0 Å². The molecular formula is C30H24BN3. The van der Waals surface area contributed by atoms with Crippen LogP contribution >= 0.6 is 0 Å². The third-order valence-electron chi connectivity index (χ3n) is 6.96. The summed E-state index contributed by atoms with van der Waals surface area (Å²) in [4.78, 5) is 0. The third kappa shape index (κ3) is 3.51. The maximum Gasteiger partial charge on any atom is 0.373 e. The van der Waals surface area contributed by atoms with E-state index in [1.807, 2.05) is 30.3 Å². The average molecular weight is 437 g/mol. The Hall–Kier alpha value is -4.07. The number of nitrogens with zero attached hydrogens (tertiary/aromatic N) is 1. The molecule has 0 radical (unpaired) electrons. The molecule has 0 bridgehead atoms. The lowest BCUT2D eigenvalue weighted by Gasteiger charge is -2.43. The van der Waals surface area contributed by atoms with Crippen molar-refractivity contribution in [1.82, 2.24) is 5.23 Å². The van der Waals surface area contributed by atoms with Gasteiger partial charge in [-0.25, -0.2) is 0 Å². The van der Waals surface area contributed by atoms with E-state index < -0.39 is 0 Å². The highest BCUT2D eigenvalue weighted by molar-refractivity contribution is 6.74. The molecule has 3 nitrogen and oxygen atoms in total. The molecule has 2 aliphatic rings. The van der Waals surface area contributed by atoms with Crippen molar-refractivity contribution in [2.24, 2.45) is 0 Å². The summed E-state index contributed by atoms with van der Waals surface area (Å²) in [6.07, 6.45) is 5.44. The first-order valence-corrected chi connectivity index (χ1v) is 11.7. The van der Waals surface area contributed by atoms with E-state index in [4.69, 9.17) is 0 Å². The highest BCUT2D eigenvalue weighted by Gasteiger charge is 2.40. The van der Waals surface area contributed by atoms with Crippen molar-refractivity contribution in [3.05, 3.63) is 114 Å². The first-order chi connectivity index (χ1) is 16.6. The predicted molar refractivity (Wildman–Crippen MR) is 142 cm³/mol. The Morgan fingerprint density at radius 3 is 2.41 bits per heavy atom.